The molecule has 0 amide bonds. The molecule has 0 radical (unpaired) electrons. The van der Waals surface area contributed by atoms with Gasteiger partial charge in [-0.1, -0.05) is 56.0 Å². The van der Waals surface area contributed by atoms with Gasteiger partial charge in [-0.2, -0.15) is 4.39 Å². The number of rotatable bonds is 6. The molecule has 166 valence electrons. The van der Waals surface area contributed by atoms with Gasteiger partial charge in [-0.15, -0.1) is 0 Å². The second-order valence-electron chi connectivity index (χ2n) is 8.16. The summed E-state index contributed by atoms with van der Waals surface area (Å²) < 4.78 is 54.7. The lowest BCUT2D eigenvalue weighted by atomic mass is 9.94. The Labute approximate surface area is 186 Å². The summed E-state index contributed by atoms with van der Waals surface area (Å²) in [7, 11) is 0. The smallest absolute Gasteiger partial charge is 0.201 e. The molecule has 0 N–H and O–H groups in total. The Kier molecular flexibility index (Phi) is 6.66. The van der Waals surface area contributed by atoms with Gasteiger partial charge in [0.2, 0.25) is 5.82 Å². The fourth-order valence-corrected chi connectivity index (χ4v) is 3.96. The van der Waals surface area contributed by atoms with Crippen LogP contribution in [0.25, 0.3) is 22.3 Å². The second kappa shape index (κ2) is 9.61. The van der Waals surface area contributed by atoms with Crippen LogP contribution in [0.4, 0.5) is 13.2 Å². The molecule has 4 rings (SSSR count). The molecular weight excluding hydrogens is 413 g/mol. The maximum atomic E-state index is 14.9. The van der Waals surface area contributed by atoms with Crippen molar-refractivity contribution in [3.63, 3.8) is 0 Å². The van der Waals surface area contributed by atoms with Gasteiger partial charge in [0.05, 0.1) is 6.10 Å². The van der Waals surface area contributed by atoms with Crippen LogP contribution in [0.2, 0.25) is 0 Å². The summed E-state index contributed by atoms with van der Waals surface area (Å²) in [5.41, 5.74) is 2.54. The Bertz CT molecular complexity index is 1100. The Morgan fingerprint density at radius 3 is 2.25 bits per heavy atom. The summed E-state index contributed by atoms with van der Waals surface area (Å²) in [6.07, 6.45) is 3.33. The van der Waals surface area contributed by atoms with E-state index in [0.717, 1.165) is 18.4 Å². The van der Waals surface area contributed by atoms with Crippen molar-refractivity contribution in [2.24, 2.45) is 5.92 Å². The Morgan fingerprint density at radius 2 is 1.62 bits per heavy atom. The highest BCUT2D eigenvalue weighted by Gasteiger charge is 2.21. The first-order chi connectivity index (χ1) is 15.5. The van der Waals surface area contributed by atoms with Crippen molar-refractivity contribution in [2.75, 3.05) is 13.2 Å². The summed E-state index contributed by atoms with van der Waals surface area (Å²) in [6, 6.07) is 14.7. The summed E-state index contributed by atoms with van der Waals surface area (Å²) in [4.78, 5) is 0. The van der Waals surface area contributed by atoms with Crippen LogP contribution in [-0.2, 0) is 4.74 Å². The molecule has 32 heavy (non-hydrogen) atoms. The SMILES string of the molecule is C=CCOc1ccc(-c2ccc(-c3ccc(C4CCC(C)CO4)cc3F)cc2)c(F)c1F. The van der Waals surface area contributed by atoms with Crippen LogP contribution in [-0.4, -0.2) is 13.2 Å². The summed E-state index contributed by atoms with van der Waals surface area (Å²) in [5.74, 6) is -2.01. The average molecular weight is 438 g/mol. The van der Waals surface area contributed by atoms with Gasteiger partial charge < -0.3 is 9.47 Å². The third-order valence-corrected chi connectivity index (χ3v) is 5.78. The highest BCUT2D eigenvalue weighted by Crippen LogP contribution is 2.34. The molecule has 3 aromatic rings. The Balaban J connectivity index is 1.55. The zero-order valence-corrected chi connectivity index (χ0v) is 17.9. The van der Waals surface area contributed by atoms with Gasteiger partial charge in [0, 0.05) is 17.7 Å². The highest BCUT2D eigenvalue weighted by atomic mass is 19.2. The van der Waals surface area contributed by atoms with E-state index < -0.39 is 11.6 Å². The van der Waals surface area contributed by atoms with E-state index in [1.807, 2.05) is 6.07 Å². The first-order valence-corrected chi connectivity index (χ1v) is 10.7. The highest BCUT2D eigenvalue weighted by molar-refractivity contribution is 5.71. The molecule has 0 bridgehead atoms. The minimum Gasteiger partial charge on any atom is -0.486 e. The van der Waals surface area contributed by atoms with Crippen molar-refractivity contribution in [2.45, 2.75) is 25.9 Å². The fraction of sp³-hybridized carbons (Fsp3) is 0.259. The molecule has 2 unspecified atom stereocenters. The van der Waals surface area contributed by atoms with Crippen LogP contribution in [0.15, 0.2) is 67.3 Å². The predicted octanol–water partition coefficient (Wildman–Crippen LogP) is 7.49. The van der Waals surface area contributed by atoms with Gasteiger partial charge in [0.15, 0.2) is 11.6 Å². The van der Waals surface area contributed by atoms with E-state index in [9.17, 15) is 13.2 Å². The molecule has 0 aromatic heterocycles. The van der Waals surface area contributed by atoms with Gasteiger partial charge in [-0.05, 0) is 53.6 Å². The first kappa shape index (κ1) is 22.2. The van der Waals surface area contributed by atoms with E-state index in [2.05, 4.69) is 13.5 Å². The van der Waals surface area contributed by atoms with Crippen molar-refractivity contribution in [3.05, 3.63) is 90.3 Å². The lowest BCUT2D eigenvalue weighted by molar-refractivity contribution is -0.0125. The summed E-state index contributed by atoms with van der Waals surface area (Å²) in [6.45, 7) is 6.41. The number of hydrogen-bond acceptors (Lipinski definition) is 2. The molecule has 1 fully saturated rings. The molecule has 1 aliphatic rings. The zero-order chi connectivity index (χ0) is 22.7. The maximum Gasteiger partial charge on any atom is 0.201 e. The molecule has 2 nitrogen and oxygen atoms in total. The van der Waals surface area contributed by atoms with E-state index in [1.165, 1.54) is 24.3 Å². The fourth-order valence-electron chi connectivity index (χ4n) is 3.96. The molecule has 0 aliphatic carbocycles. The third kappa shape index (κ3) is 4.58. The standard InChI is InChI=1S/C27H25F3O2/c1-3-14-31-25-13-11-22(26(29)27(25)30)19-7-5-18(6-8-19)21-10-9-20(15-23(21)28)24-12-4-17(2)16-32-24/h3,5-11,13,15,17,24H,1,4,12,14,16H2,2H3. The molecule has 1 saturated heterocycles. The molecule has 3 aromatic carbocycles. The zero-order valence-electron chi connectivity index (χ0n) is 17.9. The monoisotopic (exact) mass is 438 g/mol. The van der Waals surface area contributed by atoms with Gasteiger partial charge in [0.25, 0.3) is 0 Å². The van der Waals surface area contributed by atoms with Crippen molar-refractivity contribution < 1.29 is 22.6 Å². The molecule has 2 atom stereocenters. The van der Waals surface area contributed by atoms with E-state index >= 15 is 0 Å². The van der Waals surface area contributed by atoms with Crippen molar-refractivity contribution in [3.8, 4) is 28.0 Å². The van der Waals surface area contributed by atoms with E-state index in [0.29, 0.717) is 29.2 Å². The number of halogens is 3. The van der Waals surface area contributed by atoms with Crippen molar-refractivity contribution >= 4 is 0 Å². The molecular formula is C27H25F3O2. The van der Waals surface area contributed by atoms with E-state index in [4.69, 9.17) is 9.47 Å². The lowest BCUT2D eigenvalue weighted by Crippen LogP contribution is -2.18. The Morgan fingerprint density at radius 1 is 0.938 bits per heavy atom. The van der Waals surface area contributed by atoms with Crippen LogP contribution >= 0.6 is 0 Å². The largest absolute Gasteiger partial charge is 0.486 e. The topological polar surface area (TPSA) is 18.5 Å². The summed E-state index contributed by atoms with van der Waals surface area (Å²) >= 11 is 0. The molecule has 5 heteroatoms. The van der Waals surface area contributed by atoms with Gasteiger partial charge in [-0.3, -0.25) is 0 Å². The van der Waals surface area contributed by atoms with Crippen LogP contribution in [0.1, 0.15) is 31.4 Å². The van der Waals surface area contributed by atoms with Crippen molar-refractivity contribution in [1.82, 2.24) is 0 Å². The van der Waals surface area contributed by atoms with E-state index in [-0.39, 0.29) is 29.8 Å². The minimum absolute atomic E-state index is 0.0755. The maximum absolute atomic E-state index is 14.9. The third-order valence-electron chi connectivity index (χ3n) is 5.78. The molecule has 1 aliphatic heterocycles. The predicted molar refractivity (Wildman–Crippen MR) is 120 cm³/mol. The van der Waals surface area contributed by atoms with Crippen LogP contribution < -0.4 is 4.74 Å². The van der Waals surface area contributed by atoms with Crippen LogP contribution in [0.5, 0.6) is 5.75 Å². The minimum atomic E-state index is -1.05. The van der Waals surface area contributed by atoms with Crippen molar-refractivity contribution in [1.29, 1.82) is 0 Å². The second-order valence-corrected chi connectivity index (χ2v) is 8.16. The Hall–Kier alpha value is -3.05. The quantitative estimate of drug-likeness (QED) is 0.371. The van der Waals surface area contributed by atoms with Crippen LogP contribution in [0.3, 0.4) is 0 Å². The molecule has 0 saturated carbocycles. The molecule has 0 spiro atoms. The first-order valence-electron chi connectivity index (χ1n) is 10.7. The average Bonchev–Trinajstić information content (AvgIpc) is 2.81. The number of ether oxygens (including phenoxy) is 2. The van der Waals surface area contributed by atoms with E-state index in [1.54, 1.807) is 30.3 Å². The van der Waals surface area contributed by atoms with Gasteiger partial charge in [-0.25, -0.2) is 8.78 Å². The van der Waals surface area contributed by atoms with Crippen LogP contribution in [0, 0.1) is 23.4 Å². The lowest BCUT2D eigenvalue weighted by Gasteiger charge is -2.27. The normalized spacial score (nSPS) is 18.4. The number of benzene rings is 3. The summed E-state index contributed by atoms with van der Waals surface area (Å²) in [5, 5.41) is 0. The van der Waals surface area contributed by atoms with Gasteiger partial charge >= 0.3 is 0 Å². The number of hydrogen-bond donors (Lipinski definition) is 0. The van der Waals surface area contributed by atoms with Gasteiger partial charge in [0.1, 0.15) is 12.4 Å². The molecule has 1 heterocycles.